The number of nitrogens with one attached hydrogen (secondary N) is 1. The van der Waals surface area contributed by atoms with E-state index < -0.39 is 5.97 Å². The minimum atomic E-state index is -1.07. The third-order valence-corrected chi connectivity index (χ3v) is 14.4. The Morgan fingerprint density at radius 2 is 1.51 bits per heavy atom. The molecule has 5 heteroatoms. The van der Waals surface area contributed by atoms with Crippen LogP contribution in [0.1, 0.15) is 134 Å². The molecule has 5 aliphatic carbocycles. The quantitative estimate of drug-likeness (QED) is 0.370. The second-order valence-electron chi connectivity index (χ2n) is 17.0. The van der Waals surface area contributed by atoms with Crippen LogP contribution in [0.5, 0.6) is 0 Å². The number of carbonyl (C=O) groups is 3. The van der Waals surface area contributed by atoms with Crippen LogP contribution in [0.25, 0.3) is 0 Å². The molecule has 0 radical (unpaired) electrons. The summed E-state index contributed by atoms with van der Waals surface area (Å²) in [4.78, 5) is 39.2. The summed E-state index contributed by atoms with van der Waals surface area (Å²) < 4.78 is 0. The van der Waals surface area contributed by atoms with E-state index in [-0.39, 0.29) is 56.1 Å². The van der Waals surface area contributed by atoms with Crippen LogP contribution in [0, 0.1) is 50.7 Å². The summed E-state index contributed by atoms with van der Waals surface area (Å²) >= 11 is 0. The van der Waals surface area contributed by atoms with Crippen LogP contribution in [0.4, 0.5) is 0 Å². The first-order valence-corrected chi connectivity index (χ1v) is 16.9. The molecule has 4 fully saturated rings. The zero-order valence-electron chi connectivity index (χ0n) is 27.7. The van der Waals surface area contributed by atoms with Gasteiger partial charge in [0.25, 0.3) is 5.91 Å². The second kappa shape index (κ2) is 9.78. The first-order valence-electron chi connectivity index (χ1n) is 16.9. The fourth-order valence-electron chi connectivity index (χ4n) is 12.2. The van der Waals surface area contributed by atoms with E-state index in [1.807, 2.05) is 0 Å². The molecule has 0 aliphatic heterocycles. The molecule has 0 bridgehead atoms. The Labute approximate surface area is 258 Å². The summed E-state index contributed by atoms with van der Waals surface area (Å²) in [5.41, 5.74) is 3.20. The van der Waals surface area contributed by atoms with Crippen molar-refractivity contribution < 1.29 is 19.5 Å². The van der Waals surface area contributed by atoms with Crippen LogP contribution >= 0.6 is 0 Å². The normalized spacial score (nSPS) is 41.7. The van der Waals surface area contributed by atoms with E-state index in [0.29, 0.717) is 30.0 Å². The van der Waals surface area contributed by atoms with E-state index in [9.17, 15) is 19.5 Å². The van der Waals surface area contributed by atoms with Gasteiger partial charge < -0.3 is 10.4 Å². The fraction of sp³-hybridized carbons (Fsp3) is 0.711. The number of fused-ring (bicyclic) bond motifs is 7. The molecule has 4 saturated carbocycles. The molecule has 2 N–H and O–H groups in total. The lowest BCUT2D eigenvalue weighted by Crippen LogP contribution is -2.69. The van der Waals surface area contributed by atoms with Gasteiger partial charge >= 0.3 is 5.97 Å². The average Bonchev–Trinajstić information content (AvgIpc) is 3.20. The zero-order chi connectivity index (χ0) is 31.3. The molecule has 5 aliphatic rings. The first-order chi connectivity index (χ1) is 20.0. The van der Waals surface area contributed by atoms with Gasteiger partial charge in [0.2, 0.25) is 0 Å². The van der Waals surface area contributed by atoms with Gasteiger partial charge in [0.05, 0.1) is 11.1 Å². The number of ketones is 1. The van der Waals surface area contributed by atoms with Crippen LogP contribution in [0.2, 0.25) is 0 Å². The Kier molecular flexibility index (Phi) is 6.96. The number of rotatable bonds is 4. The molecule has 0 aromatic heterocycles. The van der Waals surface area contributed by atoms with Crippen molar-refractivity contribution in [1.82, 2.24) is 5.32 Å². The van der Waals surface area contributed by atoms with Gasteiger partial charge in [-0.3, -0.25) is 9.59 Å². The molecule has 1 amide bonds. The van der Waals surface area contributed by atoms with Gasteiger partial charge in [0.1, 0.15) is 0 Å². The van der Waals surface area contributed by atoms with Gasteiger partial charge in [0.15, 0.2) is 5.78 Å². The van der Waals surface area contributed by atoms with Crippen LogP contribution in [0.15, 0.2) is 35.4 Å². The van der Waals surface area contributed by atoms with E-state index in [0.717, 1.165) is 50.5 Å². The Morgan fingerprint density at radius 3 is 2.16 bits per heavy atom. The Hall–Kier alpha value is -2.43. The Morgan fingerprint density at radius 1 is 0.837 bits per heavy atom. The highest BCUT2D eigenvalue weighted by Gasteiger charge is 2.70. The lowest BCUT2D eigenvalue weighted by atomic mass is 9.32. The molecule has 234 valence electrons. The molecule has 0 saturated heterocycles. The highest BCUT2D eigenvalue weighted by Crippen LogP contribution is 2.76. The summed E-state index contributed by atoms with van der Waals surface area (Å²) in [5.74, 6) is 0.656. The third kappa shape index (κ3) is 4.11. The van der Waals surface area contributed by atoms with Crippen LogP contribution in [-0.2, 0) is 4.79 Å². The number of benzene rings is 1. The van der Waals surface area contributed by atoms with Gasteiger partial charge in [0, 0.05) is 12.5 Å². The van der Waals surface area contributed by atoms with Crippen molar-refractivity contribution in [2.75, 3.05) is 0 Å². The molecule has 1 unspecified atom stereocenters. The highest BCUT2D eigenvalue weighted by molar-refractivity contribution is 6.05. The fourth-order valence-corrected chi connectivity index (χ4v) is 12.2. The summed E-state index contributed by atoms with van der Waals surface area (Å²) in [5, 5.41) is 13.3. The Balaban J connectivity index is 1.41. The summed E-state index contributed by atoms with van der Waals surface area (Å²) in [6, 6.07) is 6.58. The van der Waals surface area contributed by atoms with E-state index in [4.69, 9.17) is 0 Å². The molecule has 43 heavy (non-hydrogen) atoms. The number of Topliss-reactive ketones (excluding diaryl/α,β-unsaturated/α-hetero) is 1. The topological polar surface area (TPSA) is 83.5 Å². The number of aromatic carboxylic acids is 1. The largest absolute Gasteiger partial charge is 0.478 e. The average molecular weight is 588 g/mol. The lowest BCUT2D eigenvalue weighted by Gasteiger charge is -2.72. The van der Waals surface area contributed by atoms with E-state index >= 15 is 0 Å². The number of hydrogen-bond donors (Lipinski definition) is 2. The van der Waals surface area contributed by atoms with Crippen molar-refractivity contribution in [3.8, 4) is 0 Å². The van der Waals surface area contributed by atoms with E-state index in [1.165, 1.54) is 18.1 Å². The number of allylic oxidation sites excluding steroid dienone is 2. The maximum absolute atomic E-state index is 13.8. The summed E-state index contributed by atoms with van der Waals surface area (Å²) in [7, 11) is 0. The highest BCUT2D eigenvalue weighted by atomic mass is 16.4. The van der Waals surface area contributed by atoms with Gasteiger partial charge in [-0.15, -0.1) is 0 Å². The molecular weight excluding hydrogens is 534 g/mol. The van der Waals surface area contributed by atoms with Crippen LogP contribution in [0.3, 0.4) is 0 Å². The van der Waals surface area contributed by atoms with Crippen LogP contribution < -0.4 is 5.32 Å². The molecule has 0 spiro atoms. The number of carbonyl (C=O) groups excluding carboxylic acids is 2. The predicted molar refractivity (Wildman–Crippen MR) is 170 cm³/mol. The van der Waals surface area contributed by atoms with Crippen molar-refractivity contribution >= 4 is 17.7 Å². The lowest BCUT2D eigenvalue weighted by molar-refractivity contribution is -0.219. The number of hydrogen-bond acceptors (Lipinski definition) is 3. The minimum Gasteiger partial charge on any atom is -0.478 e. The van der Waals surface area contributed by atoms with Crippen molar-refractivity contribution in [2.24, 2.45) is 50.7 Å². The first kappa shape index (κ1) is 30.6. The molecule has 0 heterocycles. The molecule has 1 aromatic carbocycles. The molecule has 1 aromatic rings. The SMILES string of the molecule is CC(C)C1=C2[C@H]3CC[C@@H]4[C@@]5(C)C(NC(=O)c6ccccc6C(=O)O)CCC(C)(C)[C@@H]5CC[C@@]4(C)[C@]3(C)CC[C@@]2(C)CC1=O. The molecule has 8 atom stereocenters. The summed E-state index contributed by atoms with van der Waals surface area (Å²) in [6.07, 6.45) is 9.41. The maximum Gasteiger partial charge on any atom is 0.336 e. The van der Waals surface area contributed by atoms with Crippen molar-refractivity contribution in [3.05, 3.63) is 46.5 Å². The maximum atomic E-state index is 13.8. The molecule has 6 rings (SSSR count). The van der Waals surface area contributed by atoms with Crippen LogP contribution in [-0.4, -0.2) is 28.8 Å². The van der Waals surface area contributed by atoms with Gasteiger partial charge in [-0.2, -0.15) is 0 Å². The monoisotopic (exact) mass is 587 g/mol. The van der Waals surface area contributed by atoms with Crippen molar-refractivity contribution in [3.63, 3.8) is 0 Å². The molecule has 5 nitrogen and oxygen atoms in total. The van der Waals surface area contributed by atoms with Crippen molar-refractivity contribution in [1.29, 1.82) is 0 Å². The smallest absolute Gasteiger partial charge is 0.336 e. The minimum absolute atomic E-state index is 0.00599. The van der Waals surface area contributed by atoms with Gasteiger partial charge in [-0.05, 0) is 120 Å². The number of carboxylic acid groups (broad SMARTS) is 1. The van der Waals surface area contributed by atoms with Gasteiger partial charge in [-0.1, -0.05) is 73.1 Å². The predicted octanol–water partition coefficient (Wildman–Crippen LogP) is 8.48. The number of amides is 1. The second-order valence-corrected chi connectivity index (χ2v) is 17.0. The van der Waals surface area contributed by atoms with E-state index in [2.05, 4.69) is 60.7 Å². The van der Waals surface area contributed by atoms with E-state index in [1.54, 1.807) is 18.2 Å². The summed E-state index contributed by atoms with van der Waals surface area (Å²) in [6.45, 7) is 19.2. The molecular formula is C38H53NO4. The third-order valence-electron chi connectivity index (χ3n) is 14.4. The standard InChI is InChI=1S/C38H53NO4/c1-22(2)30-26(40)21-35(5)19-20-36(6)25(31(30)35)13-14-28-37(36,7)18-15-27-34(3,4)17-16-29(38(27,28)8)39-32(41)23-11-9-10-12-24(23)33(42)43/h9-12,22,25,27-29H,13-21H2,1-8H3,(H,39,41)(H,42,43)/t25-,27+,28+,29?,35+,36-,37-,38+/m1/s1. The van der Waals surface area contributed by atoms with Crippen molar-refractivity contribution in [2.45, 2.75) is 119 Å². The van der Waals surface area contributed by atoms with Gasteiger partial charge in [-0.25, -0.2) is 4.79 Å². The Bertz CT molecular complexity index is 1410. The zero-order valence-corrected chi connectivity index (χ0v) is 27.7. The number of carboxylic acids is 1.